The van der Waals surface area contributed by atoms with Crippen LogP contribution in [0.2, 0.25) is 0 Å². The monoisotopic (exact) mass is 381 g/mol. The first-order valence-electron chi connectivity index (χ1n) is 6.35. The van der Waals surface area contributed by atoms with Crippen molar-refractivity contribution >= 4 is 29.9 Å². The van der Waals surface area contributed by atoms with Gasteiger partial charge in [0.1, 0.15) is 0 Å². The third-order valence-electron chi connectivity index (χ3n) is 2.31. The number of nitrogens with zero attached hydrogens (tertiary/aromatic N) is 3. The van der Waals surface area contributed by atoms with Crippen LogP contribution in [0.1, 0.15) is 13.3 Å². The molecular weight excluding hydrogens is 357 g/mol. The zero-order chi connectivity index (χ0) is 13.1. The molecule has 19 heavy (non-hydrogen) atoms. The van der Waals surface area contributed by atoms with Crippen LogP contribution in [0.25, 0.3) is 0 Å². The molecule has 0 saturated heterocycles. The molecular formula is C12H24IN5O. The lowest BCUT2D eigenvalue weighted by Gasteiger charge is -2.11. The van der Waals surface area contributed by atoms with Crippen LogP contribution < -0.4 is 10.6 Å². The number of hydrogen-bond acceptors (Lipinski definition) is 3. The van der Waals surface area contributed by atoms with Gasteiger partial charge in [0.25, 0.3) is 0 Å². The van der Waals surface area contributed by atoms with Crippen molar-refractivity contribution in [1.82, 2.24) is 20.4 Å². The third kappa shape index (κ3) is 8.82. The molecule has 1 aromatic rings. The van der Waals surface area contributed by atoms with Crippen molar-refractivity contribution in [1.29, 1.82) is 0 Å². The fourth-order valence-corrected chi connectivity index (χ4v) is 1.46. The summed E-state index contributed by atoms with van der Waals surface area (Å²) >= 11 is 0. The van der Waals surface area contributed by atoms with E-state index in [2.05, 4.69) is 27.6 Å². The predicted molar refractivity (Wildman–Crippen MR) is 88.1 cm³/mol. The topological polar surface area (TPSA) is 63.5 Å². The highest BCUT2D eigenvalue weighted by atomic mass is 127. The molecule has 0 aromatic carbocycles. The zero-order valence-electron chi connectivity index (χ0n) is 11.6. The molecule has 6 nitrogen and oxygen atoms in total. The summed E-state index contributed by atoms with van der Waals surface area (Å²) in [6.07, 6.45) is 4.67. The molecule has 0 unspecified atom stereocenters. The van der Waals surface area contributed by atoms with Gasteiger partial charge in [-0.1, -0.05) is 0 Å². The first-order chi connectivity index (χ1) is 8.86. The molecule has 1 rings (SSSR count). The number of methoxy groups -OCH3 is 1. The molecule has 110 valence electrons. The lowest BCUT2D eigenvalue weighted by molar-refractivity contribution is 0.197. The van der Waals surface area contributed by atoms with Crippen LogP contribution in [-0.2, 0) is 11.3 Å². The molecule has 2 N–H and O–H groups in total. The SMILES string of the molecule is CCNC(=NCCCOC)NCCn1cccn1.I. The highest BCUT2D eigenvalue weighted by Gasteiger charge is 1.96. The van der Waals surface area contributed by atoms with Crippen molar-refractivity contribution in [2.24, 2.45) is 4.99 Å². The Hall–Kier alpha value is -0.830. The van der Waals surface area contributed by atoms with Crippen molar-refractivity contribution in [3.63, 3.8) is 0 Å². The maximum absolute atomic E-state index is 4.99. The van der Waals surface area contributed by atoms with Crippen LogP contribution in [0.5, 0.6) is 0 Å². The van der Waals surface area contributed by atoms with E-state index in [1.165, 1.54) is 0 Å². The van der Waals surface area contributed by atoms with E-state index in [-0.39, 0.29) is 24.0 Å². The summed E-state index contributed by atoms with van der Waals surface area (Å²) < 4.78 is 6.88. The van der Waals surface area contributed by atoms with Gasteiger partial charge in [0.2, 0.25) is 0 Å². The van der Waals surface area contributed by atoms with Gasteiger partial charge in [0, 0.05) is 45.7 Å². The molecule has 7 heteroatoms. The fraction of sp³-hybridized carbons (Fsp3) is 0.667. The Balaban J connectivity index is 0.00000324. The average Bonchev–Trinajstić information content (AvgIpc) is 2.87. The summed E-state index contributed by atoms with van der Waals surface area (Å²) in [6, 6.07) is 1.92. The Labute approximate surface area is 132 Å². The summed E-state index contributed by atoms with van der Waals surface area (Å²) in [6.45, 7) is 6.06. The normalized spacial score (nSPS) is 10.9. The number of guanidine groups is 1. The van der Waals surface area contributed by atoms with Gasteiger partial charge in [-0.2, -0.15) is 5.10 Å². The Morgan fingerprint density at radius 2 is 2.26 bits per heavy atom. The molecule has 0 bridgehead atoms. The Bertz CT molecular complexity index is 329. The van der Waals surface area contributed by atoms with E-state index < -0.39 is 0 Å². The molecule has 0 saturated carbocycles. The van der Waals surface area contributed by atoms with Gasteiger partial charge in [-0.15, -0.1) is 24.0 Å². The summed E-state index contributed by atoms with van der Waals surface area (Å²) in [5.41, 5.74) is 0. The van der Waals surface area contributed by atoms with Gasteiger partial charge >= 0.3 is 0 Å². The maximum Gasteiger partial charge on any atom is 0.191 e. The minimum Gasteiger partial charge on any atom is -0.385 e. The second kappa shape index (κ2) is 12.2. The molecule has 0 aliphatic carbocycles. The van der Waals surface area contributed by atoms with Crippen LogP contribution >= 0.6 is 24.0 Å². The quantitative estimate of drug-likeness (QED) is 0.306. The minimum absolute atomic E-state index is 0. The standard InChI is InChI=1S/C12H23N5O.HI/c1-3-13-12(14-6-5-11-18-2)15-8-10-17-9-4-7-16-17;/h4,7,9H,3,5-6,8,10-11H2,1-2H3,(H2,13,14,15);1H. The zero-order valence-corrected chi connectivity index (χ0v) is 14.0. The van der Waals surface area contributed by atoms with Gasteiger partial charge in [-0.3, -0.25) is 9.67 Å². The van der Waals surface area contributed by atoms with Crippen LogP contribution in [0.15, 0.2) is 23.5 Å². The van der Waals surface area contributed by atoms with Crippen LogP contribution in [0, 0.1) is 0 Å². The van der Waals surface area contributed by atoms with Crippen molar-refractivity contribution in [3.8, 4) is 0 Å². The van der Waals surface area contributed by atoms with Crippen molar-refractivity contribution in [3.05, 3.63) is 18.5 Å². The van der Waals surface area contributed by atoms with Crippen LogP contribution in [-0.4, -0.2) is 49.1 Å². The average molecular weight is 381 g/mol. The lowest BCUT2D eigenvalue weighted by Crippen LogP contribution is -2.39. The lowest BCUT2D eigenvalue weighted by atomic mass is 10.4. The molecule has 0 radical (unpaired) electrons. The van der Waals surface area contributed by atoms with Crippen LogP contribution in [0.4, 0.5) is 0 Å². The molecule has 0 aliphatic rings. The molecule has 0 fully saturated rings. The molecule has 0 amide bonds. The van der Waals surface area contributed by atoms with Gasteiger partial charge in [0.15, 0.2) is 5.96 Å². The molecule has 0 aliphatic heterocycles. The van der Waals surface area contributed by atoms with E-state index in [9.17, 15) is 0 Å². The number of nitrogens with one attached hydrogen (secondary N) is 2. The van der Waals surface area contributed by atoms with Gasteiger partial charge in [-0.05, 0) is 19.4 Å². The van der Waals surface area contributed by atoms with E-state index in [4.69, 9.17) is 4.74 Å². The highest BCUT2D eigenvalue weighted by molar-refractivity contribution is 14.0. The van der Waals surface area contributed by atoms with Crippen molar-refractivity contribution < 1.29 is 4.74 Å². The summed E-state index contributed by atoms with van der Waals surface area (Å²) in [5, 5.41) is 10.6. The van der Waals surface area contributed by atoms with Gasteiger partial charge < -0.3 is 15.4 Å². The first-order valence-corrected chi connectivity index (χ1v) is 6.35. The molecule has 0 spiro atoms. The maximum atomic E-state index is 4.99. The van der Waals surface area contributed by atoms with Gasteiger partial charge in [-0.25, -0.2) is 0 Å². The summed E-state index contributed by atoms with van der Waals surface area (Å²) in [5.74, 6) is 0.848. The molecule has 1 aromatic heterocycles. The second-order valence-electron chi connectivity index (χ2n) is 3.80. The number of aliphatic imine (C=N–C) groups is 1. The van der Waals surface area contributed by atoms with E-state index in [1.807, 2.05) is 16.9 Å². The van der Waals surface area contributed by atoms with E-state index in [0.29, 0.717) is 0 Å². The first kappa shape index (κ1) is 18.2. The minimum atomic E-state index is 0. The Morgan fingerprint density at radius 1 is 1.42 bits per heavy atom. The van der Waals surface area contributed by atoms with Crippen LogP contribution in [0.3, 0.4) is 0 Å². The number of aromatic nitrogens is 2. The Kier molecular flexibility index (Phi) is 11.7. The van der Waals surface area contributed by atoms with E-state index in [0.717, 1.165) is 45.2 Å². The van der Waals surface area contributed by atoms with E-state index in [1.54, 1.807) is 13.3 Å². The predicted octanol–water partition coefficient (Wildman–Crippen LogP) is 1.09. The largest absolute Gasteiger partial charge is 0.385 e. The number of hydrogen-bond donors (Lipinski definition) is 2. The fourth-order valence-electron chi connectivity index (χ4n) is 1.46. The van der Waals surface area contributed by atoms with E-state index >= 15 is 0 Å². The smallest absolute Gasteiger partial charge is 0.191 e. The number of ether oxygens (including phenoxy) is 1. The molecule has 1 heterocycles. The molecule has 0 atom stereocenters. The highest BCUT2D eigenvalue weighted by Crippen LogP contribution is 1.84. The summed E-state index contributed by atoms with van der Waals surface area (Å²) in [4.78, 5) is 4.45. The summed E-state index contributed by atoms with van der Waals surface area (Å²) in [7, 11) is 1.71. The Morgan fingerprint density at radius 3 is 2.89 bits per heavy atom. The number of halogens is 1. The van der Waals surface area contributed by atoms with Crippen molar-refractivity contribution in [2.75, 3.05) is 33.4 Å². The second-order valence-corrected chi connectivity index (χ2v) is 3.80. The third-order valence-corrected chi connectivity index (χ3v) is 2.31. The van der Waals surface area contributed by atoms with Gasteiger partial charge in [0.05, 0.1) is 6.54 Å². The van der Waals surface area contributed by atoms with Crippen molar-refractivity contribution in [2.45, 2.75) is 19.9 Å². The number of rotatable bonds is 8.